The highest BCUT2D eigenvalue weighted by molar-refractivity contribution is 5.35. The number of aromatic nitrogens is 3. The Morgan fingerprint density at radius 1 is 1.10 bits per heavy atom. The molecule has 0 fully saturated rings. The largest absolute Gasteiger partial charge is 0.270 e. The van der Waals surface area contributed by atoms with E-state index in [-0.39, 0.29) is 6.04 Å². The van der Waals surface area contributed by atoms with Crippen molar-refractivity contribution in [3.63, 3.8) is 0 Å². The van der Waals surface area contributed by atoms with Crippen LogP contribution >= 0.6 is 0 Å². The molecule has 3 aromatic rings. The van der Waals surface area contributed by atoms with E-state index in [4.69, 9.17) is 5.84 Å². The molecule has 3 N–H and O–H groups in total. The molecule has 0 spiro atoms. The summed E-state index contributed by atoms with van der Waals surface area (Å²) >= 11 is 0. The molecule has 2 heterocycles. The lowest BCUT2D eigenvalue weighted by molar-refractivity contribution is 0.583. The molecule has 1 atom stereocenters. The second kappa shape index (κ2) is 5.87. The van der Waals surface area contributed by atoms with Crippen LogP contribution in [0.2, 0.25) is 0 Å². The third kappa shape index (κ3) is 2.69. The normalized spacial score (nSPS) is 12.3. The van der Waals surface area contributed by atoms with Gasteiger partial charge in [-0.25, -0.2) is 10.1 Å². The molecule has 0 radical (unpaired) electrons. The van der Waals surface area contributed by atoms with Crippen molar-refractivity contribution in [1.29, 1.82) is 0 Å². The summed E-state index contributed by atoms with van der Waals surface area (Å²) in [5.41, 5.74) is 6.79. The summed E-state index contributed by atoms with van der Waals surface area (Å²) in [5, 5.41) is 4.40. The minimum absolute atomic E-state index is 0.215. The van der Waals surface area contributed by atoms with Crippen LogP contribution in [0.4, 0.5) is 0 Å². The number of benzene rings is 1. The highest BCUT2D eigenvalue weighted by Crippen LogP contribution is 2.22. The minimum atomic E-state index is -0.215. The van der Waals surface area contributed by atoms with Crippen molar-refractivity contribution in [2.24, 2.45) is 5.84 Å². The summed E-state index contributed by atoms with van der Waals surface area (Å²) in [6, 6.07) is 15.7. The van der Waals surface area contributed by atoms with Gasteiger partial charge in [0.15, 0.2) is 0 Å². The Morgan fingerprint density at radius 2 is 1.90 bits per heavy atom. The van der Waals surface area contributed by atoms with E-state index in [2.05, 4.69) is 15.5 Å². The van der Waals surface area contributed by atoms with Crippen LogP contribution < -0.4 is 11.3 Å². The van der Waals surface area contributed by atoms with E-state index in [0.29, 0.717) is 0 Å². The molecule has 1 unspecified atom stereocenters. The minimum Gasteiger partial charge on any atom is -0.270 e. The van der Waals surface area contributed by atoms with Gasteiger partial charge in [0.25, 0.3) is 0 Å². The summed E-state index contributed by atoms with van der Waals surface area (Å²) in [6.07, 6.45) is 3.56. The van der Waals surface area contributed by atoms with Crippen molar-refractivity contribution >= 4 is 0 Å². The predicted molar refractivity (Wildman–Crippen MR) is 81.7 cm³/mol. The van der Waals surface area contributed by atoms with E-state index in [1.165, 1.54) is 0 Å². The number of hydrazine groups is 1. The third-order valence-corrected chi connectivity index (χ3v) is 3.37. The van der Waals surface area contributed by atoms with Crippen LogP contribution in [-0.4, -0.2) is 14.8 Å². The summed E-state index contributed by atoms with van der Waals surface area (Å²) in [4.78, 5) is 4.42. The summed E-state index contributed by atoms with van der Waals surface area (Å²) in [6.45, 7) is 2.03. The van der Waals surface area contributed by atoms with E-state index in [0.717, 1.165) is 22.6 Å². The van der Waals surface area contributed by atoms with Crippen LogP contribution in [0.3, 0.4) is 0 Å². The average molecular weight is 279 g/mol. The average Bonchev–Trinajstić information content (AvgIpc) is 2.98. The molecule has 106 valence electrons. The smallest absolute Gasteiger partial charge is 0.105 e. The number of hydrogen-bond donors (Lipinski definition) is 2. The monoisotopic (exact) mass is 279 g/mol. The molecule has 0 aliphatic heterocycles. The fraction of sp³-hybridized carbons (Fsp3) is 0.125. The van der Waals surface area contributed by atoms with Gasteiger partial charge in [0.05, 0.1) is 17.1 Å². The van der Waals surface area contributed by atoms with Crippen LogP contribution in [0.5, 0.6) is 0 Å². The Kier molecular flexibility index (Phi) is 3.77. The van der Waals surface area contributed by atoms with E-state index >= 15 is 0 Å². The van der Waals surface area contributed by atoms with Gasteiger partial charge in [0.1, 0.15) is 6.04 Å². The maximum atomic E-state index is 5.76. The lowest BCUT2D eigenvalue weighted by atomic mass is 10.1. The Bertz CT molecular complexity index is 720. The fourth-order valence-corrected chi connectivity index (χ4v) is 2.36. The number of nitrogens with one attached hydrogen (secondary N) is 1. The molecule has 21 heavy (non-hydrogen) atoms. The molecule has 5 heteroatoms. The second-order valence-electron chi connectivity index (χ2n) is 4.86. The van der Waals surface area contributed by atoms with E-state index in [9.17, 15) is 0 Å². The first-order chi connectivity index (χ1) is 10.3. The molecule has 3 rings (SSSR count). The second-order valence-corrected chi connectivity index (χ2v) is 4.86. The van der Waals surface area contributed by atoms with E-state index < -0.39 is 0 Å². The summed E-state index contributed by atoms with van der Waals surface area (Å²) in [5.74, 6) is 5.76. The van der Waals surface area contributed by atoms with Crippen molar-refractivity contribution in [3.05, 3.63) is 77.9 Å². The molecule has 0 amide bonds. The third-order valence-electron chi connectivity index (χ3n) is 3.37. The molecule has 5 nitrogen and oxygen atoms in total. The summed E-state index contributed by atoms with van der Waals surface area (Å²) < 4.78 is 1.87. The van der Waals surface area contributed by atoms with E-state index in [1.807, 2.05) is 60.1 Å². The number of nitrogens with zero attached hydrogens (tertiary/aromatic N) is 3. The number of nitrogens with two attached hydrogens (primary N) is 1. The van der Waals surface area contributed by atoms with Gasteiger partial charge in [-0.1, -0.05) is 18.2 Å². The lowest BCUT2D eigenvalue weighted by Gasteiger charge is -2.17. The van der Waals surface area contributed by atoms with Crippen molar-refractivity contribution < 1.29 is 0 Å². The molecular formula is C16H17N5. The lowest BCUT2D eigenvalue weighted by Crippen LogP contribution is -2.31. The van der Waals surface area contributed by atoms with Gasteiger partial charge in [-0.05, 0) is 42.8 Å². The number of pyridine rings is 1. The molecular weight excluding hydrogens is 262 g/mol. The fourth-order valence-electron chi connectivity index (χ4n) is 2.36. The Morgan fingerprint density at radius 3 is 2.62 bits per heavy atom. The maximum absolute atomic E-state index is 5.76. The van der Waals surface area contributed by atoms with Gasteiger partial charge in [-0.3, -0.25) is 10.8 Å². The number of hydrogen-bond acceptors (Lipinski definition) is 4. The molecule has 0 saturated carbocycles. The van der Waals surface area contributed by atoms with Crippen LogP contribution in [0.25, 0.3) is 5.69 Å². The maximum Gasteiger partial charge on any atom is 0.105 e. The van der Waals surface area contributed by atoms with Crippen LogP contribution in [-0.2, 0) is 0 Å². The molecule has 0 saturated heterocycles. The first-order valence-corrected chi connectivity index (χ1v) is 6.77. The topological polar surface area (TPSA) is 68.8 Å². The van der Waals surface area contributed by atoms with Gasteiger partial charge in [0, 0.05) is 12.4 Å². The van der Waals surface area contributed by atoms with Crippen LogP contribution in [0.1, 0.15) is 23.0 Å². The zero-order valence-corrected chi connectivity index (χ0v) is 11.8. The SMILES string of the molecule is Cc1ccnc(C(NN)c2ccnn2-c2ccccc2)c1. The summed E-state index contributed by atoms with van der Waals surface area (Å²) in [7, 11) is 0. The quantitative estimate of drug-likeness (QED) is 0.567. The van der Waals surface area contributed by atoms with Crippen molar-refractivity contribution in [2.75, 3.05) is 0 Å². The van der Waals surface area contributed by atoms with E-state index in [1.54, 1.807) is 12.4 Å². The predicted octanol–water partition coefficient (Wildman–Crippen LogP) is 2.13. The van der Waals surface area contributed by atoms with Gasteiger partial charge in [-0.2, -0.15) is 5.10 Å². The molecule has 2 aromatic heterocycles. The van der Waals surface area contributed by atoms with Crippen LogP contribution in [0, 0.1) is 6.92 Å². The Balaban J connectivity index is 2.05. The molecule has 0 bridgehead atoms. The highest BCUT2D eigenvalue weighted by Gasteiger charge is 2.19. The van der Waals surface area contributed by atoms with Crippen molar-refractivity contribution in [3.8, 4) is 5.69 Å². The number of para-hydroxylation sites is 1. The molecule has 1 aromatic carbocycles. The van der Waals surface area contributed by atoms with Crippen molar-refractivity contribution in [2.45, 2.75) is 13.0 Å². The first-order valence-electron chi connectivity index (χ1n) is 6.77. The van der Waals surface area contributed by atoms with Crippen LogP contribution in [0.15, 0.2) is 60.9 Å². The van der Waals surface area contributed by atoms with Gasteiger partial charge >= 0.3 is 0 Å². The number of aryl methyl sites for hydroxylation is 1. The van der Waals surface area contributed by atoms with Gasteiger partial charge in [0.2, 0.25) is 0 Å². The highest BCUT2D eigenvalue weighted by atomic mass is 15.3. The standard InChI is InChI=1S/C16H17N5/c1-12-7-9-18-14(11-12)16(20-17)15-8-10-19-21(15)13-5-3-2-4-6-13/h2-11,16,20H,17H2,1H3. The zero-order valence-electron chi connectivity index (χ0n) is 11.8. The van der Waals surface area contributed by atoms with Gasteiger partial charge in [-0.15, -0.1) is 0 Å². The zero-order chi connectivity index (χ0) is 14.7. The Labute approximate surface area is 123 Å². The molecule has 0 aliphatic carbocycles. The number of rotatable bonds is 4. The first kappa shape index (κ1) is 13.5. The van der Waals surface area contributed by atoms with Gasteiger partial charge < -0.3 is 0 Å². The Hall–Kier alpha value is -2.50. The van der Waals surface area contributed by atoms with Crippen molar-refractivity contribution in [1.82, 2.24) is 20.2 Å². The molecule has 0 aliphatic rings.